The van der Waals surface area contributed by atoms with Crippen LogP contribution in [-0.4, -0.2) is 43.6 Å². The molecule has 0 aromatic heterocycles. The van der Waals surface area contributed by atoms with Crippen molar-refractivity contribution in [1.29, 1.82) is 0 Å². The van der Waals surface area contributed by atoms with Crippen molar-refractivity contribution < 1.29 is 0 Å². The van der Waals surface area contributed by atoms with Crippen LogP contribution in [0.1, 0.15) is 34.1 Å². The van der Waals surface area contributed by atoms with E-state index in [1.165, 1.54) is 26.1 Å². The minimum absolute atomic E-state index is 0.568. The van der Waals surface area contributed by atoms with Gasteiger partial charge in [-0.2, -0.15) is 0 Å². The SMILES string of the molecule is CC(C)CN=C(N)NCC1CCN(CC(C)C)C1. The van der Waals surface area contributed by atoms with Gasteiger partial charge in [0.05, 0.1) is 0 Å². The first kappa shape index (κ1) is 15.3. The van der Waals surface area contributed by atoms with E-state index in [1.807, 2.05) is 0 Å². The molecule has 1 saturated heterocycles. The highest BCUT2D eigenvalue weighted by Crippen LogP contribution is 2.16. The van der Waals surface area contributed by atoms with E-state index in [1.54, 1.807) is 0 Å². The van der Waals surface area contributed by atoms with Crippen LogP contribution < -0.4 is 11.1 Å². The van der Waals surface area contributed by atoms with Crippen LogP contribution in [0.4, 0.5) is 0 Å². The summed E-state index contributed by atoms with van der Waals surface area (Å²) in [7, 11) is 0. The molecule has 0 aromatic carbocycles. The zero-order valence-electron chi connectivity index (χ0n) is 12.4. The van der Waals surface area contributed by atoms with Crippen molar-refractivity contribution in [2.45, 2.75) is 34.1 Å². The van der Waals surface area contributed by atoms with Crippen molar-refractivity contribution in [3.63, 3.8) is 0 Å². The normalized spacial score (nSPS) is 22.1. The van der Waals surface area contributed by atoms with E-state index in [4.69, 9.17) is 5.73 Å². The molecule has 1 fully saturated rings. The molecule has 0 spiro atoms. The highest BCUT2D eigenvalue weighted by Gasteiger charge is 2.22. The van der Waals surface area contributed by atoms with Crippen LogP contribution in [0.5, 0.6) is 0 Å². The highest BCUT2D eigenvalue weighted by atomic mass is 15.2. The minimum atomic E-state index is 0.568. The van der Waals surface area contributed by atoms with Gasteiger partial charge in [-0.1, -0.05) is 27.7 Å². The van der Waals surface area contributed by atoms with Crippen LogP contribution in [-0.2, 0) is 0 Å². The molecule has 1 rings (SSSR count). The number of aliphatic imine (C=N–C) groups is 1. The van der Waals surface area contributed by atoms with Gasteiger partial charge in [-0.25, -0.2) is 0 Å². The van der Waals surface area contributed by atoms with Gasteiger partial charge >= 0.3 is 0 Å². The third-order valence-corrected chi connectivity index (χ3v) is 3.19. The summed E-state index contributed by atoms with van der Waals surface area (Å²) in [5, 5.41) is 3.25. The van der Waals surface area contributed by atoms with E-state index >= 15 is 0 Å². The van der Waals surface area contributed by atoms with Gasteiger partial charge in [0, 0.05) is 26.2 Å². The molecule has 18 heavy (non-hydrogen) atoms. The predicted octanol–water partition coefficient (Wildman–Crippen LogP) is 1.52. The fourth-order valence-corrected chi connectivity index (χ4v) is 2.35. The summed E-state index contributed by atoms with van der Waals surface area (Å²) in [6.07, 6.45) is 1.27. The van der Waals surface area contributed by atoms with Gasteiger partial charge in [-0.3, -0.25) is 4.99 Å². The molecule has 0 radical (unpaired) electrons. The molecule has 3 N–H and O–H groups in total. The van der Waals surface area contributed by atoms with Crippen molar-refractivity contribution in [3.05, 3.63) is 0 Å². The summed E-state index contributed by atoms with van der Waals surface area (Å²) in [6.45, 7) is 14.3. The third kappa shape index (κ3) is 6.24. The summed E-state index contributed by atoms with van der Waals surface area (Å²) in [6, 6.07) is 0. The Labute approximate surface area is 112 Å². The van der Waals surface area contributed by atoms with Crippen LogP contribution >= 0.6 is 0 Å². The van der Waals surface area contributed by atoms with Crippen LogP contribution in [0.15, 0.2) is 4.99 Å². The quantitative estimate of drug-likeness (QED) is 0.558. The maximum atomic E-state index is 5.84. The van der Waals surface area contributed by atoms with Gasteiger partial charge in [0.1, 0.15) is 0 Å². The monoisotopic (exact) mass is 254 g/mol. The van der Waals surface area contributed by atoms with E-state index in [0.29, 0.717) is 11.9 Å². The molecule has 0 bridgehead atoms. The molecule has 106 valence electrons. The Kier molecular flexibility index (Phi) is 6.47. The first-order valence-corrected chi connectivity index (χ1v) is 7.23. The molecule has 0 aliphatic carbocycles. The number of nitrogens with zero attached hydrogens (tertiary/aromatic N) is 2. The molecule has 1 aliphatic rings. The van der Waals surface area contributed by atoms with Gasteiger partial charge in [0.2, 0.25) is 0 Å². The number of nitrogens with one attached hydrogen (secondary N) is 1. The standard InChI is InChI=1S/C14H30N4/c1-11(2)7-16-14(15)17-8-13-5-6-18(10-13)9-12(3)4/h11-13H,5-10H2,1-4H3,(H3,15,16,17). The second kappa shape index (κ2) is 7.62. The number of hydrogen-bond donors (Lipinski definition) is 2. The summed E-state index contributed by atoms with van der Waals surface area (Å²) in [5.41, 5.74) is 5.84. The summed E-state index contributed by atoms with van der Waals surface area (Å²) in [5.74, 6) is 2.65. The van der Waals surface area contributed by atoms with Crippen LogP contribution in [0, 0.1) is 17.8 Å². The predicted molar refractivity (Wildman–Crippen MR) is 78.7 cm³/mol. The molecular formula is C14H30N4. The first-order valence-electron chi connectivity index (χ1n) is 7.23. The number of nitrogens with two attached hydrogens (primary N) is 1. The molecule has 1 unspecified atom stereocenters. The smallest absolute Gasteiger partial charge is 0.188 e. The molecule has 4 nitrogen and oxygen atoms in total. The second-order valence-electron chi connectivity index (χ2n) is 6.31. The molecule has 0 amide bonds. The highest BCUT2D eigenvalue weighted by molar-refractivity contribution is 5.77. The average Bonchev–Trinajstić information content (AvgIpc) is 2.70. The molecule has 0 saturated carbocycles. The minimum Gasteiger partial charge on any atom is -0.370 e. The molecule has 1 atom stereocenters. The van der Waals surface area contributed by atoms with Crippen molar-refractivity contribution in [3.8, 4) is 0 Å². The molecule has 4 heteroatoms. The van der Waals surface area contributed by atoms with Gasteiger partial charge in [-0.05, 0) is 30.7 Å². The van der Waals surface area contributed by atoms with Gasteiger partial charge in [0.25, 0.3) is 0 Å². The van der Waals surface area contributed by atoms with E-state index in [9.17, 15) is 0 Å². The van der Waals surface area contributed by atoms with E-state index in [0.717, 1.165) is 24.9 Å². The lowest BCUT2D eigenvalue weighted by Crippen LogP contribution is -2.36. The third-order valence-electron chi connectivity index (χ3n) is 3.19. The lowest BCUT2D eigenvalue weighted by atomic mass is 10.1. The number of guanidine groups is 1. The first-order chi connectivity index (χ1) is 8.47. The van der Waals surface area contributed by atoms with Gasteiger partial charge in [0.15, 0.2) is 5.96 Å². The molecule has 1 heterocycles. The Hall–Kier alpha value is -0.770. The summed E-state index contributed by atoms with van der Waals surface area (Å²) >= 11 is 0. The Morgan fingerprint density at radius 2 is 2.06 bits per heavy atom. The molecule has 0 aromatic rings. The van der Waals surface area contributed by atoms with Crippen molar-refractivity contribution in [1.82, 2.24) is 10.2 Å². The van der Waals surface area contributed by atoms with Gasteiger partial charge in [-0.15, -0.1) is 0 Å². The maximum absolute atomic E-state index is 5.84. The van der Waals surface area contributed by atoms with Crippen molar-refractivity contribution in [2.75, 3.05) is 32.7 Å². The van der Waals surface area contributed by atoms with E-state index in [2.05, 4.69) is 42.9 Å². The lowest BCUT2D eigenvalue weighted by Gasteiger charge is -2.18. The van der Waals surface area contributed by atoms with Crippen molar-refractivity contribution >= 4 is 5.96 Å². The van der Waals surface area contributed by atoms with Crippen LogP contribution in [0.25, 0.3) is 0 Å². The Balaban J connectivity index is 2.19. The van der Waals surface area contributed by atoms with Crippen LogP contribution in [0.2, 0.25) is 0 Å². The van der Waals surface area contributed by atoms with Crippen molar-refractivity contribution in [2.24, 2.45) is 28.5 Å². The van der Waals surface area contributed by atoms with Gasteiger partial charge < -0.3 is 16.0 Å². The Bertz CT molecular complexity index is 261. The van der Waals surface area contributed by atoms with Crippen LogP contribution in [0.3, 0.4) is 0 Å². The lowest BCUT2D eigenvalue weighted by molar-refractivity contribution is 0.287. The second-order valence-corrected chi connectivity index (χ2v) is 6.31. The Morgan fingerprint density at radius 3 is 2.67 bits per heavy atom. The topological polar surface area (TPSA) is 53.6 Å². The Morgan fingerprint density at radius 1 is 1.33 bits per heavy atom. The largest absolute Gasteiger partial charge is 0.370 e. The van der Waals surface area contributed by atoms with E-state index in [-0.39, 0.29) is 0 Å². The fourth-order valence-electron chi connectivity index (χ4n) is 2.35. The average molecular weight is 254 g/mol. The number of rotatable bonds is 6. The molecular weight excluding hydrogens is 224 g/mol. The number of hydrogen-bond acceptors (Lipinski definition) is 2. The fraction of sp³-hybridized carbons (Fsp3) is 0.929. The van der Waals surface area contributed by atoms with E-state index < -0.39 is 0 Å². The maximum Gasteiger partial charge on any atom is 0.188 e. The summed E-state index contributed by atoms with van der Waals surface area (Å²) < 4.78 is 0. The number of likely N-dealkylation sites (tertiary alicyclic amines) is 1. The summed E-state index contributed by atoms with van der Waals surface area (Å²) in [4.78, 5) is 6.88. The zero-order chi connectivity index (χ0) is 13.5. The molecule has 1 aliphatic heterocycles. The zero-order valence-corrected chi connectivity index (χ0v) is 12.4.